The minimum absolute atomic E-state index is 0.000148. The number of thiazole rings is 1. The molecule has 0 aromatic carbocycles. The van der Waals surface area contributed by atoms with Crippen molar-refractivity contribution in [3.63, 3.8) is 0 Å². The first-order chi connectivity index (χ1) is 8.74. The molecule has 1 heterocycles. The first-order valence-corrected chi connectivity index (χ1v) is 7.54. The van der Waals surface area contributed by atoms with Crippen LogP contribution >= 0.6 is 11.3 Å². The number of carbonyl (C=O) groups is 1. The third-order valence-corrected chi connectivity index (χ3v) is 4.18. The first kappa shape index (κ1) is 13.5. The molecule has 0 saturated heterocycles. The summed E-state index contributed by atoms with van der Waals surface area (Å²) in [6.07, 6.45) is 6.68. The lowest BCUT2D eigenvalue weighted by Crippen LogP contribution is -2.32. The van der Waals surface area contributed by atoms with Gasteiger partial charge in [-0.2, -0.15) is 0 Å². The lowest BCUT2D eigenvalue weighted by Gasteiger charge is -2.21. The number of aromatic nitrogens is 1. The number of aryl methyl sites for hydroxylation is 1. The van der Waals surface area contributed by atoms with Crippen molar-refractivity contribution >= 4 is 22.4 Å². The van der Waals surface area contributed by atoms with E-state index in [4.69, 9.17) is 0 Å². The Labute approximate surface area is 112 Å². The van der Waals surface area contributed by atoms with Gasteiger partial charge in [-0.1, -0.05) is 19.3 Å². The van der Waals surface area contributed by atoms with Crippen molar-refractivity contribution in [3.05, 3.63) is 11.1 Å². The average molecular weight is 267 g/mol. The summed E-state index contributed by atoms with van der Waals surface area (Å²) < 4.78 is 0. The lowest BCUT2D eigenvalue weighted by atomic mass is 9.89. The van der Waals surface area contributed by atoms with Gasteiger partial charge in [-0.25, -0.2) is 4.98 Å². The average Bonchev–Trinajstić information content (AvgIpc) is 2.76. The van der Waals surface area contributed by atoms with Crippen LogP contribution in [0, 0.1) is 12.8 Å². The summed E-state index contributed by atoms with van der Waals surface area (Å²) in [5, 5.41) is 8.68. The Hall–Kier alpha value is -0.940. The maximum atomic E-state index is 11.7. The van der Waals surface area contributed by atoms with Gasteiger partial charge >= 0.3 is 0 Å². The Morgan fingerprint density at radius 3 is 2.89 bits per heavy atom. The Balaban J connectivity index is 1.62. The zero-order valence-corrected chi connectivity index (χ0v) is 11.7. The standard InChI is InChI=1S/C13H21N3OS/c1-10-9-18-13(15-10)16-12(17)8-14-7-11-5-3-2-4-6-11/h9,11,14H,2-8H2,1H3,(H,15,16,17). The molecule has 1 aromatic heterocycles. The zero-order valence-electron chi connectivity index (χ0n) is 10.9. The van der Waals surface area contributed by atoms with E-state index in [1.807, 2.05) is 12.3 Å². The van der Waals surface area contributed by atoms with E-state index in [1.54, 1.807) is 0 Å². The van der Waals surface area contributed by atoms with E-state index in [9.17, 15) is 4.79 Å². The van der Waals surface area contributed by atoms with E-state index in [0.717, 1.165) is 18.2 Å². The normalized spacial score (nSPS) is 16.7. The molecule has 2 N–H and O–H groups in total. The lowest BCUT2D eigenvalue weighted by molar-refractivity contribution is -0.115. The molecule has 18 heavy (non-hydrogen) atoms. The topological polar surface area (TPSA) is 54.0 Å². The van der Waals surface area contributed by atoms with Gasteiger partial charge in [0, 0.05) is 5.38 Å². The number of amides is 1. The Kier molecular flexibility index (Phi) is 5.13. The fraction of sp³-hybridized carbons (Fsp3) is 0.692. The highest BCUT2D eigenvalue weighted by atomic mass is 32.1. The van der Waals surface area contributed by atoms with Crippen LogP contribution in [0.5, 0.6) is 0 Å². The molecular formula is C13H21N3OS. The monoisotopic (exact) mass is 267 g/mol. The smallest absolute Gasteiger partial charge is 0.240 e. The van der Waals surface area contributed by atoms with Crippen molar-refractivity contribution in [3.8, 4) is 0 Å². The molecule has 1 aliphatic carbocycles. The highest BCUT2D eigenvalue weighted by Gasteiger charge is 2.13. The molecule has 0 spiro atoms. The van der Waals surface area contributed by atoms with Gasteiger partial charge in [0.15, 0.2) is 5.13 Å². The van der Waals surface area contributed by atoms with Crippen LogP contribution in [0.2, 0.25) is 0 Å². The number of hydrogen-bond acceptors (Lipinski definition) is 4. The maximum Gasteiger partial charge on any atom is 0.240 e. The Morgan fingerprint density at radius 2 is 2.22 bits per heavy atom. The van der Waals surface area contributed by atoms with Gasteiger partial charge in [0.1, 0.15) is 0 Å². The van der Waals surface area contributed by atoms with Crippen molar-refractivity contribution in [2.24, 2.45) is 5.92 Å². The van der Waals surface area contributed by atoms with Crippen molar-refractivity contribution in [1.29, 1.82) is 0 Å². The third-order valence-electron chi connectivity index (χ3n) is 3.31. The van der Waals surface area contributed by atoms with Crippen LogP contribution in [0.4, 0.5) is 5.13 Å². The number of rotatable bonds is 5. The summed E-state index contributed by atoms with van der Waals surface area (Å²) in [4.78, 5) is 15.9. The summed E-state index contributed by atoms with van der Waals surface area (Å²) in [6, 6.07) is 0. The fourth-order valence-corrected chi connectivity index (χ4v) is 3.06. The van der Waals surface area contributed by atoms with E-state index in [2.05, 4.69) is 15.6 Å². The number of anilines is 1. The van der Waals surface area contributed by atoms with Crippen LogP contribution in [0.25, 0.3) is 0 Å². The van der Waals surface area contributed by atoms with Crippen molar-refractivity contribution in [2.45, 2.75) is 39.0 Å². The van der Waals surface area contributed by atoms with Gasteiger partial charge in [0.25, 0.3) is 0 Å². The van der Waals surface area contributed by atoms with Crippen molar-refractivity contribution in [1.82, 2.24) is 10.3 Å². The number of carbonyl (C=O) groups excluding carboxylic acids is 1. The summed E-state index contributed by atoms with van der Waals surface area (Å²) in [5.41, 5.74) is 0.950. The van der Waals surface area contributed by atoms with Gasteiger partial charge in [-0.3, -0.25) is 4.79 Å². The van der Waals surface area contributed by atoms with Crippen LogP contribution in [-0.4, -0.2) is 24.0 Å². The van der Waals surface area contributed by atoms with Gasteiger partial charge in [0.2, 0.25) is 5.91 Å². The van der Waals surface area contributed by atoms with E-state index in [0.29, 0.717) is 11.7 Å². The Morgan fingerprint density at radius 1 is 1.44 bits per heavy atom. The molecule has 0 radical (unpaired) electrons. The van der Waals surface area contributed by atoms with Gasteiger partial charge in [-0.05, 0) is 32.2 Å². The van der Waals surface area contributed by atoms with Gasteiger partial charge < -0.3 is 10.6 Å². The summed E-state index contributed by atoms with van der Waals surface area (Å²) in [5.74, 6) is 0.758. The second-order valence-electron chi connectivity index (χ2n) is 4.98. The molecule has 1 saturated carbocycles. The molecule has 2 rings (SSSR count). The molecule has 0 bridgehead atoms. The molecule has 0 unspecified atom stereocenters. The minimum Gasteiger partial charge on any atom is -0.308 e. The third kappa shape index (κ3) is 4.38. The van der Waals surface area contributed by atoms with Gasteiger partial charge in [-0.15, -0.1) is 11.3 Å². The molecule has 1 aromatic rings. The second kappa shape index (κ2) is 6.85. The molecule has 5 heteroatoms. The number of hydrogen-bond donors (Lipinski definition) is 2. The number of nitrogens with one attached hydrogen (secondary N) is 2. The molecule has 1 amide bonds. The predicted octanol–water partition coefficient (Wildman–Crippen LogP) is 2.56. The maximum absolute atomic E-state index is 11.7. The molecule has 4 nitrogen and oxygen atoms in total. The predicted molar refractivity (Wildman–Crippen MR) is 74.9 cm³/mol. The van der Waals surface area contributed by atoms with Crippen LogP contribution < -0.4 is 10.6 Å². The molecular weight excluding hydrogens is 246 g/mol. The van der Waals surface area contributed by atoms with Crippen LogP contribution in [-0.2, 0) is 4.79 Å². The van der Waals surface area contributed by atoms with E-state index >= 15 is 0 Å². The largest absolute Gasteiger partial charge is 0.308 e. The van der Waals surface area contributed by atoms with Crippen molar-refractivity contribution in [2.75, 3.05) is 18.4 Å². The fourth-order valence-electron chi connectivity index (χ4n) is 2.36. The zero-order chi connectivity index (χ0) is 12.8. The summed E-state index contributed by atoms with van der Waals surface area (Å²) in [7, 11) is 0. The molecule has 0 atom stereocenters. The van der Waals surface area contributed by atoms with Crippen LogP contribution in [0.15, 0.2) is 5.38 Å². The molecule has 100 valence electrons. The highest BCUT2D eigenvalue weighted by Crippen LogP contribution is 2.22. The van der Waals surface area contributed by atoms with E-state index in [-0.39, 0.29) is 5.91 Å². The molecule has 1 fully saturated rings. The summed E-state index contributed by atoms with van der Waals surface area (Å²) in [6.45, 7) is 3.27. The Bertz CT molecular complexity index is 385. The highest BCUT2D eigenvalue weighted by molar-refractivity contribution is 7.13. The van der Waals surface area contributed by atoms with Gasteiger partial charge in [0.05, 0.1) is 12.2 Å². The summed E-state index contributed by atoms with van der Waals surface area (Å²) >= 11 is 1.47. The van der Waals surface area contributed by atoms with Crippen LogP contribution in [0.1, 0.15) is 37.8 Å². The van der Waals surface area contributed by atoms with Crippen LogP contribution in [0.3, 0.4) is 0 Å². The number of nitrogens with zero attached hydrogens (tertiary/aromatic N) is 1. The van der Waals surface area contributed by atoms with Crippen molar-refractivity contribution < 1.29 is 4.79 Å². The SMILES string of the molecule is Cc1csc(NC(=O)CNCC2CCCCC2)n1. The molecule has 1 aliphatic rings. The van der Waals surface area contributed by atoms with E-state index < -0.39 is 0 Å². The first-order valence-electron chi connectivity index (χ1n) is 6.67. The quantitative estimate of drug-likeness (QED) is 0.862. The molecule has 0 aliphatic heterocycles. The minimum atomic E-state index is 0.000148. The van der Waals surface area contributed by atoms with E-state index in [1.165, 1.54) is 43.4 Å². The second-order valence-corrected chi connectivity index (χ2v) is 5.84.